The van der Waals surface area contributed by atoms with E-state index in [0.29, 0.717) is 18.4 Å². The van der Waals surface area contributed by atoms with Gasteiger partial charge in [-0.25, -0.2) is 0 Å². The zero-order chi connectivity index (χ0) is 17.6. The van der Waals surface area contributed by atoms with Crippen molar-refractivity contribution in [2.45, 2.75) is 26.8 Å². The average molecular weight is 348 g/mol. The van der Waals surface area contributed by atoms with E-state index in [4.69, 9.17) is 4.74 Å². The van der Waals surface area contributed by atoms with E-state index in [1.54, 1.807) is 4.90 Å². The summed E-state index contributed by atoms with van der Waals surface area (Å²) in [4.78, 5) is 15.3. The molecule has 1 aromatic carbocycles. The minimum Gasteiger partial charge on any atom is -0.370 e. The van der Waals surface area contributed by atoms with E-state index in [1.165, 1.54) is 16.9 Å². The van der Waals surface area contributed by atoms with E-state index >= 15 is 0 Å². The SMILES string of the molecule is C[C@@H]1C[C@H](C)C[NH+](CC(=O)Nc2ccc(C[NH+]3CCOCC3)cc2)C1. The first-order valence-corrected chi connectivity index (χ1v) is 9.72. The number of morpholine rings is 1. The minimum atomic E-state index is 0.128. The predicted octanol–water partition coefficient (Wildman–Crippen LogP) is -0.399. The summed E-state index contributed by atoms with van der Waals surface area (Å²) in [6, 6.07) is 8.33. The number of quaternary nitrogens is 2. The van der Waals surface area contributed by atoms with Crippen molar-refractivity contribution in [2.24, 2.45) is 11.8 Å². The van der Waals surface area contributed by atoms with Crippen LogP contribution in [0.4, 0.5) is 5.69 Å². The van der Waals surface area contributed by atoms with Crippen molar-refractivity contribution in [1.29, 1.82) is 0 Å². The number of amides is 1. The van der Waals surface area contributed by atoms with Gasteiger partial charge in [-0.3, -0.25) is 4.79 Å². The van der Waals surface area contributed by atoms with Crippen LogP contribution in [0.25, 0.3) is 0 Å². The lowest BCUT2D eigenvalue weighted by Gasteiger charge is -2.31. The molecule has 1 unspecified atom stereocenters. The number of rotatable bonds is 5. The lowest BCUT2D eigenvalue weighted by atomic mass is 9.92. The predicted molar refractivity (Wildman–Crippen MR) is 98.8 cm³/mol. The first kappa shape index (κ1) is 18.4. The molecule has 3 N–H and O–H groups in total. The van der Waals surface area contributed by atoms with Crippen LogP contribution in [0.3, 0.4) is 0 Å². The normalized spacial score (nSPS) is 27.8. The van der Waals surface area contributed by atoms with Crippen molar-refractivity contribution in [3.05, 3.63) is 29.8 Å². The van der Waals surface area contributed by atoms with E-state index < -0.39 is 0 Å². The fourth-order valence-electron chi connectivity index (χ4n) is 4.33. The Balaban J connectivity index is 1.46. The Morgan fingerprint density at radius 1 is 1.08 bits per heavy atom. The van der Waals surface area contributed by atoms with E-state index in [1.807, 2.05) is 12.1 Å². The summed E-state index contributed by atoms with van der Waals surface area (Å²) in [6.07, 6.45) is 1.29. The Labute approximate surface area is 151 Å². The molecule has 3 atom stereocenters. The van der Waals surface area contributed by atoms with Gasteiger partial charge in [-0.15, -0.1) is 0 Å². The van der Waals surface area contributed by atoms with Gasteiger partial charge < -0.3 is 19.9 Å². The maximum atomic E-state index is 12.3. The van der Waals surface area contributed by atoms with E-state index in [9.17, 15) is 4.79 Å². The van der Waals surface area contributed by atoms with Crippen LogP contribution in [0.1, 0.15) is 25.8 Å². The van der Waals surface area contributed by atoms with Crippen LogP contribution in [-0.2, 0) is 16.1 Å². The van der Waals surface area contributed by atoms with Crippen molar-refractivity contribution in [3.8, 4) is 0 Å². The summed E-state index contributed by atoms with van der Waals surface area (Å²) in [5, 5.41) is 3.06. The molecule has 5 nitrogen and oxygen atoms in total. The average Bonchev–Trinajstić information content (AvgIpc) is 2.56. The molecule has 2 saturated heterocycles. The van der Waals surface area contributed by atoms with Gasteiger partial charge in [0.25, 0.3) is 5.91 Å². The lowest BCUT2D eigenvalue weighted by molar-refractivity contribution is -0.921. The smallest absolute Gasteiger partial charge is 0.279 e. The van der Waals surface area contributed by atoms with E-state index in [0.717, 1.165) is 51.6 Å². The number of hydrogen-bond donors (Lipinski definition) is 3. The van der Waals surface area contributed by atoms with Crippen molar-refractivity contribution in [2.75, 3.05) is 51.3 Å². The second-order valence-corrected chi connectivity index (χ2v) is 8.07. The molecule has 0 saturated carbocycles. The highest BCUT2D eigenvalue weighted by molar-refractivity contribution is 5.91. The third-order valence-electron chi connectivity index (χ3n) is 5.38. The highest BCUT2D eigenvalue weighted by atomic mass is 16.5. The van der Waals surface area contributed by atoms with Gasteiger partial charge in [0, 0.05) is 23.1 Å². The molecule has 0 spiro atoms. The monoisotopic (exact) mass is 347 g/mol. The van der Waals surface area contributed by atoms with E-state index in [-0.39, 0.29) is 5.91 Å². The number of nitrogens with one attached hydrogen (secondary N) is 3. The van der Waals surface area contributed by atoms with Gasteiger partial charge in [-0.2, -0.15) is 0 Å². The third kappa shape index (κ3) is 5.80. The molecule has 2 fully saturated rings. The first-order chi connectivity index (χ1) is 12.1. The molecule has 25 heavy (non-hydrogen) atoms. The molecule has 1 aromatic rings. The van der Waals surface area contributed by atoms with Crippen LogP contribution in [0.15, 0.2) is 24.3 Å². The fraction of sp³-hybridized carbons (Fsp3) is 0.650. The molecular formula is C20H33N3O2+2. The molecule has 5 heteroatoms. The first-order valence-electron chi connectivity index (χ1n) is 9.72. The summed E-state index contributed by atoms with van der Waals surface area (Å²) in [7, 11) is 0. The molecule has 3 rings (SSSR count). The van der Waals surface area contributed by atoms with Crippen molar-refractivity contribution >= 4 is 11.6 Å². The van der Waals surface area contributed by atoms with Crippen molar-refractivity contribution < 1.29 is 19.3 Å². The van der Waals surface area contributed by atoms with Crippen LogP contribution in [0, 0.1) is 11.8 Å². The summed E-state index contributed by atoms with van der Waals surface area (Å²) in [5.74, 6) is 1.56. The van der Waals surface area contributed by atoms with Crippen LogP contribution in [-0.4, -0.2) is 51.8 Å². The van der Waals surface area contributed by atoms with Crippen LogP contribution in [0.2, 0.25) is 0 Å². The van der Waals surface area contributed by atoms with Crippen LogP contribution >= 0.6 is 0 Å². The summed E-state index contributed by atoms with van der Waals surface area (Å²) in [5.41, 5.74) is 2.22. The Bertz CT molecular complexity index is 545. The molecule has 2 aliphatic rings. The van der Waals surface area contributed by atoms with Crippen molar-refractivity contribution in [3.63, 3.8) is 0 Å². The van der Waals surface area contributed by atoms with Gasteiger partial charge >= 0.3 is 0 Å². The highest BCUT2D eigenvalue weighted by Gasteiger charge is 2.26. The van der Waals surface area contributed by atoms with Crippen LogP contribution in [0.5, 0.6) is 0 Å². The molecular weight excluding hydrogens is 314 g/mol. The summed E-state index contributed by atoms with van der Waals surface area (Å²) >= 11 is 0. The lowest BCUT2D eigenvalue weighted by Crippen LogP contribution is -3.15. The van der Waals surface area contributed by atoms with Gasteiger partial charge in [0.2, 0.25) is 0 Å². The second-order valence-electron chi connectivity index (χ2n) is 8.07. The Morgan fingerprint density at radius 2 is 1.72 bits per heavy atom. The number of hydrogen-bond acceptors (Lipinski definition) is 2. The van der Waals surface area contributed by atoms with Gasteiger partial charge in [-0.1, -0.05) is 26.0 Å². The largest absolute Gasteiger partial charge is 0.370 e. The molecule has 2 heterocycles. The fourth-order valence-corrected chi connectivity index (χ4v) is 4.33. The van der Waals surface area contributed by atoms with Gasteiger partial charge in [0.05, 0.1) is 26.3 Å². The number of piperidine rings is 1. The third-order valence-corrected chi connectivity index (χ3v) is 5.38. The Hall–Kier alpha value is -1.43. The number of anilines is 1. The summed E-state index contributed by atoms with van der Waals surface area (Å²) < 4.78 is 5.41. The molecule has 0 aromatic heterocycles. The van der Waals surface area contributed by atoms with Crippen LogP contribution < -0.4 is 15.1 Å². The standard InChI is InChI=1S/C20H31N3O2/c1-16-11-17(2)13-23(12-16)15-20(24)21-19-5-3-18(4-6-19)14-22-7-9-25-10-8-22/h3-6,16-17H,7-15H2,1-2H3,(H,21,24)/p+2/t16-,17+. The quantitative estimate of drug-likeness (QED) is 0.679. The van der Waals surface area contributed by atoms with Gasteiger partial charge in [-0.05, 0) is 18.6 Å². The number of carbonyl (C=O) groups is 1. The second kappa shape index (κ2) is 8.79. The summed E-state index contributed by atoms with van der Waals surface area (Å²) in [6.45, 7) is 12.3. The zero-order valence-electron chi connectivity index (χ0n) is 15.6. The molecule has 0 aliphatic carbocycles. The number of ether oxygens (including phenoxy) is 1. The number of benzene rings is 1. The van der Waals surface area contributed by atoms with Crippen molar-refractivity contribution in [1.82, 2.24) is 0 Å². The maximum absolute atomic E-state index is 12.3. The number of carbonyl (C=O) groups excluding carboxylic acids is 1. The maximum Gasteiger partial charge on any atom is 0.279 e. The molecule has 0 radical (unpaired) electrons. The molecule has 138 valence electrons. The minimum absolute atomic E-state index is 0.128. The zero-order valence-corrected chi connectivity index (χ0v) is 15.6. The topological polar surface area (TPSA) is 47.2 Å². The molecule has 2 aliphatic heterocycles. The molecule has 0 bridgehead atoms. The molecule has 1 amide bonds. The Kier molecular flexibility index (Phi) is 6.45. The Morgan fingerprint density at radius 3 is 2.36 bits per heavy atom. The van der Waals surface area contributed by atoms with Gasteiger partial charge in [0.1, 0.15) is 19.6 Å². The van der Waals surface area contributed by atoms with E-state index in [2.05, 4.69) is 31.3 Å². The highest BCUT2D eigenvalue weighted by Crippen LogP contribution is 2.12. The van der Waals surface area contributed by atoms with Gasteiger partial charge in [0.15, 0.2) is 6.54 Å². The number of likely N-dealkylation sites (tertiary alicyclic amines) is 1.